The van der Waals surface area contributed by atoms with Crippen LogP contribution in [0, 0.1) is 0 Å². The van der Waals surface area contributed by atoms with Gasteiger partial charge in [-0.1, -0.05) is 0 Å². The molecule has 0 aliphatic rings. The lowest BCUT2D eigenvalue weighted by Gasteiger charge is -1.89. The highest BCUT2D eigenvalue weighted by Gasteiger charge is 1.96. The molecule has 0 aromatic heterocycles. The van der Waals surface area contributed by atoms with Gasteiger partial charge in [0.05, 0.1) is 0 Å². The molecule has 0 N–H and O–H groups in total. The molecule has 0 saturated heterocycles. The van der Waals surface area contributed by atoms with E-state index >= 15 is 0 Å². The Balaban J connectivity index is 3.26. The second kappa shape index (κ2) is 2.59. The first-order valence-electron chi connectivity index (χ1n) is 1.71. The van der Waals surface area contributed by atoms with Crippen LogP contribution in [-0.2, 0) is 10.0 Å². The monoisotopic (exact) mass is 126 g/mol. The Morgan fingerprint density at radius 2 is 1.83 bits per heavy atom. The van der Waals surface area contributed by atoms with Crippen molar-refractivity contribution in [2.24, 2.45) is 0 Å². The van der Waals surface area contributed by atoms with Crippen LogP contribution in [-0.4, -0.2) is 9.46 Å². The van der Waals surface area contributed by atoms with Crippen LogP contribution in [0.4, 0.5) is 0 Å². The second-order valence-electron chi connectivity index (χ2n) is 1.30. The zero-order chi connectivity index (χ0) is 5.15. The number of rotatable bonds is 1. The van der Waals surface area contributed by atoms with Gasteiger partial charge in [0.25, 0.3) is 0 Å². The molecule has 0 aromatic rings. The summed E-state index contributed by atoms with van der Waals surface area (Å²) in [5.74, 6) is 0. The largest absolute Gasteiger partial charge is 0.242 e. The smallest absolute Gasteiger partial charge is 0.117 e. The van der Waals surface area contributed by atoms with Gasteiger partial charge in [0.1, 0.15) is 10.0 Å². The predicted octanol–water partition coefficient (Wildman–Crippen LogP) is 1.30. The van der Waals surface area contributed by atoms with Crippen molar-refractivity contribution in [2.75, 3.05) is 0 Å². The fourth-order valence-corrected chi connectivity index (χ4v) is 0. The van der Waals surface area contributed by atoms with Crippen LogP contribution in [0.5, 0.6) is 0 Å². The number of hydrogen-bond donors (Lipinski definition) is 0. The van der Waals surface area contributed by atoms with Gasteiger partial charge in [0, 0.05) is 5.25 Å². The molecule has 0 rings (SSSR count). The van der Waals surface area contributed by atoms with Gasteiger partial charge in [-0.25, -0.2) is 4.21 Å². The van der Waals surface area contributed by atoms with E-state index in [9.17, 15) is 4.21 Å². The Hall–Kier alpha value is 0.440. The van der Waals surface area contributed by atoms with E-state index in [-0.39, 0.29) is 5.25 Å². The van der Waals surface area contributed by atoms with E-state index < -0.39 is 10.0 Å². The molecule has 0 aromatic carbocycles. The topological polar surface area (TPSA) is 17.1 Å². The van der Waals surface area contributed by atoms with Crippen LogP contribution in [0.3, 0.4) is 0 Å². The summed E-state index contributed by atoms with van der Waals surface area (Å²) in [5.41, 5.74) is 0. The van der Waals surface area contributed by atoms with Gasteiger partial charge in [-0.05, 0) is 24.5 Å². The summed E-state index contributed by atoms with van der Waals surface area (Å²) in [4.78, 5) is 0. The predicted molar refractivity (Wildman–Crippen MR) is 29.1 cm³/mol. The summed E-state index contributed by atoms with van der Waals surface area (Å²) in [6, 6.07) is 0. The van der Waals surface area contributed by atoms with Crippen LogP contribution < -0.4 is 0 Å². The van der Waals surface area contributed by atoms with E-state index in [4.69, 9.17) is 10.7 Å². The van der Waals surface area contributed by atoms with Gasteiger partial charge in [-0.3, -0.25) is 0 Å². The second-order valence-corrected chi connectivity index (χ2v) is 3.65. The maximum absolute atomic E-state index is 10.0. The lowest BCUT2D eigenvalue weighted by Crippen LogP contribution is -1.95. The molecule has 0 heterocycles. The molecule has 0 unspecified atom stereocenters. The maximum atomic E-state index is 10.0. The lowest BCUT2D eigenvalue weighted by molar-refractivity contribution is 0.685. The van der Waals surface area contributed by atoms with Crippen molar-refractivity contribution in [3.8, 4) is 0 Å². The van der Waals surface area contributed by atoms with Crippen molar-refractivity contribution in [1.29, 1.82) is 0 Å². The highest BCUT2D eigenvalue weighted by atomic mass is 35.7. The average Bonchev–Trinajstić information content (AvgIpc) is 1.36. The Bertz CT molecular complexity index is 61.8. The van der Waals surface area contributed by atoms with Crippen LogP contribution in [0.25, 0.3) is 0 Å². The first kappa shape index (κ1) is 6.44. The summed E-state index contributed by atoms with van der Waals surface area (Å²) >= 11 is 0. The lowest BCUT2D eigenvalue weighted by atomic mass is 10.6. The highest BCUT2D eigenvalue weighted by Crippen LogP contribution is 1.96. The summed E-state index contributed by atoms with van der Waals surface area (Å²) in [7, 11) is 3.94. The standard InChI is InChI=1S/C3H7ClOS/c1-3(2)6(4)5/h3H,1-2H3/t6-/m0/s1. The molecule has 0 amide bonds. The average molecular weight is 127 g/mol. The van der Waals surface area contributed by atoms with E-state index in [0.29, 0.717) is 0 Å². The minimum atomic E-state index is -1.15. The summed E-state index contributed by atoms with van der Waals surface area (Å²) < 4.78 is 10.0. The zero-order valence-electron chi connectivity index (χ0n) is 3.77. The molecule has 0 spiro atoms. The van der Waals surface area contributed by atoms with Crippen molar-refractivity contribution >= 4 is 20.7 Å². The Morgan fingerprint density at radius 1 is 1.67 bits per heavy atom. The van der Waals surface area contributed by atoms with Crippen molar-refractivity contribution in [1.82, 2.24) is 0 Å². The highest BCUT2D eigenvalue weighted by molar-refractivity contribution is 8.08. The first-order valence-corrected chi connectivity index (χ1v) is 3.75. The van der Waals surface area contributed by atoms with Crippen molar-refractivity contribution in [3.05, 3.63) is 0 Å². The number of hydrogen-bond acceptors (Lipinski definition) is 1. The molecule has 6 heavy (non-hydrogen) atoms. The maximum Gasteiger partial charge on any atom is 0.117 e. The molecular formula is C3H7ClOS. The van der Waals surface area contributed by atoms with Gasteiger partial charge in [-0.2, -0.15) is 0 Å². The SMILES string of the molecule is CC(C)[S@](=O)Cl. The van der Waals surface area contributed by atoms with Gasteiger partial charge in [-0.15, -0.1) is 0 Å². The summed E-state index contributed by atoms with van der Waals surface area (Å²) in [6.45, 7) is 3.62. The van der Waals surface area contributed by atoms with Crippen LogP contribution in [0.1, 0.15) is 13.8 Å². The van der Waals surface area contributed by atoms with E-state index in [1.807, 2.05) is 13.8 Å². The van der Waals surface area contributed by atoms with Gasteiger partial charge >= 0.3 is 0 Å². The third kappa shape index (κ3) is 2.67. The van der Waals surface area contributed by atoms with E-state index in [1.165, 1.54) is 0 Å². The first-order chi connectivity index (χ1) is 2.64. The molecule has 0 bridgehead atoms. The summed E-state index contributed by atoms with van der Waals surface area (Å²) in [6.07, 6.45) is 0. The van der Waals surface area contributed by atoms with E-state index in [1.54, 1.807) is 0 Å². The molecule has 1 atom stereocenters. The molecule has 0 aliphatic carbocycles. The van der Waals surface area contributed by atoms with Gasteiger partial charge in [0.15, 0.2) is 0 Å². The van der Waals surface area contributed by atoms with Crippen LogP contribution in [0.2, 0.25) is 0 Å². The van der Waals surface area contributed by atoms with E-state index in [2.05, 4.69) is 0 Å². The molecule has 3 heteroatoms. The quantitative estimate of drug-likeness (QED) is 0.484. The summed E-state index contributed by atoms with van der Waals surface area (Å²) in [5, 5.41) is 0.0895. The third-order valence-corrected chi connectivity index (χ3v) is 2.18. The van der Waals surface area contributed by atoms with Crippen molar-refractivity contribution < 1.29 is 4.21 Å². The number of halogens is 1. The van der Waals surface area contributed by atoms with Crippen LogP contribution in [0.15, 0.2) is 0 Å². The molecule has 0 saturated carbocycles. The molecule has 0 radical (unpaired) electrons. The van der Waals surface area contributed by atoms with Gasteiger partial charge in [0.2, 0.25) is 0 Å². The minimum Gasteiger partial charge on any atom is -0.242 e. The Labute approximate surface area is 44.7 Å². The molecule has 1 nitrogen and oxygen atoms in total. The molecule has 38 valence electrons. The molecule has 0 fully saturated rings. The Morgan fingerprint density at radius 3 is 1.83 bits per heavy atom. The minimum absolute atomic E-state index is 0.0895. The zero-order valence-corrected chi connectivity index (χ0v) is 5.34. The fraction of sp³-hybridized carbons (Fsp3) is 1.00. The normalized spacial score (nSPS) is 15.3. The Kier molecular flexibility index (Phi) is 2.78. The molecular weight excluding hydrogens is 120 g/mol. The van der Waals surface area contributed by atoms with Crippen molar-refractivity contribution in [2.45, 2.75) is 19.1 Å². The van der Waals surface area contributed by atoms with Crippen LogP contribution >= 0.6 is 10.7 Å². The third-order valence-electron chi connectivity index (χ3n) is 0.371. The van der Waals surface area contributed by atoms with E-state index in [0.717, 1.165) is 0 Å². The fourth-order valence-electron chi connectivity index (χ4n) is 0. The van der Waals surface area contributed by atoms with Crippen molar-refractivity contribution in [3.63, 3.8) is 0 Å². The van der Waals surface area contributed by atoms with Gasteiger partial charge < -0.3 is 0 Å². The molecule has 0 aliphatic heterocycles.